The van der Waals surface area contributed by atoms with Crippen LogP contribution in [-0.2, 0) is 17.6 Å². The second kappa shape index (κ2) is 5.82. The van der Waals surface area contributed by atoms with Gasteiger partial charge in [0, 0.05) is 17.3 Å². The molecule has 1 N–H and O–H groups in total. The molecule has 4 nitrogen and oxygen atoms in total. The first-order chi connectivity index (χ1) is 8.63. The number of aliphatic carboxylic acids is 1. The van der Waals surface area contributed by atoms with Gasteiger partial charge in [-0.05, 0) is 17.7 Å². The SMILES string of the molecule is O=C(O)CCc1cnc(Cc2cccc(Br)c2)o1. The fraction of sp³-hybridized carbons (Fsp3) is 0.231. The first-order valence-electron chi connectivity index (χ1n) is 5.53. The van der Waals surface area contributed by atoms with Gasteiger partial charge in [0.15, 0.2) is 5.89 Å². The summed E-state index contributed by atoms with van der Waals surface area (Å²) in [6, 6.07) is 7.90. The molecule has 2 rings (SSSR count). The van der Waals surface area contributed by atoms with Crippen molar-refractivity contribution < 1.29 is 14.3 Å². The number of halogens is 1. The molecule has 1 aromatic carbocycles. The Morgan fingerprint density at radius 2 is 2.28 bits per heavy atom. The molecule has 0 aliphatic heterocycles. The molecule has 1 heterocycles. The predicted molar refractivity (Wildman–Crippen MR) is 69.4 cm³/mol. The van der Waals surface area contributed by atoms with Crippen LogP contribution in [0.2, 0.25) is 0 Å². The van der Waals surface area contributed by atoms with E-state index in [1.165, 1.54) is 0 Å². The number of aryl methyl sites for hydroxylation is 1. The molecule has 2 aromatic rings. The van der Waals surface area contributed by atoms with Crippen molar-refractivity contribution in [2.75, 3.05) is 0 Å². The van der Waals surface area contributed by atoms with Gasteiger partial charge in [-0.15, -0.1) is 0 Å². The molecular weight excluding hydrogens is 298 g/mol. The van der Waals surface area contributed by atoms with Gasteiger partial charge >= 0.3 is 5.97 Å². The fourth-order valence-electron chi connectivity index (χ4n) is 1.60. The Balaban J connectivity index is 2.00. The molecule has 0 amide bonds. The van der Waals surface area contributed by atoms with Crippen LogP contribution in [0.4, 0.5) is 0 Å². The zero-order chi connectivity index (χ0) is 13.0. The van der Waals surface area contributed by atoms with E-state index >= 15 is 0 Å². The van der Waals surface area contributed by atoms with Crippen LogP contribution in [0.25, 0.3) is 0 Å². The fourth-order valence-corrected chi connectivity index (χ4v) is 2.04. The minimum absolute atomic E-state index is 0.0610. The normalized spacial score (nSPS) is 10.5. The number of hydrogen-bond donors (Lipinski definition) is 1. The second-order valence-corrected chi connectivity index (χ2v) is 4.84. The summed E-state index contributed by atoms with van der Waals surface area (Å²) in [7, 11) is 0. The Kier molecular flexibility index (Phi) is 4.15. The maximum absolute atomic E-state index is 10.4. The third-order valence-corrected chi connectivity index (χ3v) is 2.92. The van der Waals surface area contributed by atoms with Gasteiger partial charge < -0.3 is 9.52 Å². The maximum atomic E-state index is 10.4. The lowest BCUT2D eigenvalue weighted by atomic mass is 10.1. The topological polar surface area (TPSA) is 63.3 Å². The van der Waals surface area contributed by atoms with Crippen molar-refractivity contribution in [2.24, 2.45) is 0 Å². The molecular formula is C13H12BrNO3. The highest BCUT2D eigenvalue weighted by atomic mass is 79.9. The van der Waals surface area contributed by atoms with Crippen LogP contribution >= 0.6 is 15.9 Å². The minimum Gasteiger partial charge on any atom is -0.481 e. The third kappa shape index (κ3) is 3.70. The van der Waals surface area contributed by atoms with Crippen molar-refractivity contribution in [1.29, 1.82) is 0 Å². The van der Waals surface area contributed by atoms with E-state index in [0.717, 1.165) is 10.0 Å². The zero-order valence-electron chi connectivity index (χ0n) is 9.60. The highest BCUT2D eigenvalue weighted by Gasteiger charge is 2.07. The van der Waals surface area contributed by atoms with Gasteiger partial charge in [-0.25, -0.2) is 4.98 Å². The summed E-state index contributed by atoms with van der Waals surface area (Å²) >= 11 is 3.41. The molecule has 0 saturated heterocycles. The van der Waals surface area contributed by atoms with Gasteiger partial charge in [0.25, 0.3) is 0 Å². The first-order valence-corrected chi connectivity index (χ1v) is 6.32. The van der Waals surface area contributed by atoms with Crippen molar-refractivity contribution in [2.45, 2.75) is 19.3 Å². The summed E-state index contributed by atoms with van der Waals surface area (Å²) in [5, 5.41) is 8.58. The first kappa shape index (κ1) is 12.8. The Morgan fingerprint density at radius 1 is 1.44 bits per heavy atom. The van der Waals surface area contributed by atoms with Gasteiger partial charge in [-0.2, -0.15) is 0 Å². The van der Waals surface area contributed by atoms with E-state index in [-0.39, 0.29) is 6.42 Å². The smallest absolute Gasteiger partial charge is 0.303 e. The molecule has 0 aliphatic rings. The van der Waals surface area contributed by atoms with E-state index in [4.69, 9.17) is 9.52 Å². The average molecular weight is 310 g/mol. The number of nitrogens with zero attached hydrogens (tertiary/aromatic N) is 1. The van der Waals surface area contributed by atoms with Crippen molar-refractivity contribution in [3.8, 4) is 0 Å². The van der Waals surface area contributed by atoms with Gasteiger partial charge in [0.05, 0.1) is 12.6 Å². The summed E-state index contributed by atoms with van der Waals surface area (Å²) in [6.45, 7) is 0. The molecule has 94 valence electrons. The number of carboxylic acids is 1. The van der Waals surface area contributed by atoms with Crippen LogP contribution < -0.4 is 0 Å². The number of carboxylic acid groups (broad SMARTS) is 1. The Bertz CT molecular complexity index is 551. The molecule has 0 aliphatic carbocycles. The molecule has 0 spiro atoms. The standard InChI is InChI=1S/C13H12BrNO3/c14-10-3-1-2-9(6-10)7-12-15-8-11(18-12)4-5-13(16)17/h1-3,6,8H,4-5,7H2,(H,16,17). The molecule has 18 heavy (non-hydrogen) atoms. The average Bonchev–Trinajstić information content (AvgIpc) is 2.74. The van der Waals surface area contributed by atoms with Crippen LogP contribution in [0.15, 0.2) is 39.4 Å². The van der Waals surface area contributed by atoms with Gasteiger partial charge in [0.1, 0.15) is 5.76 Å². The van der Waals surface area contributed by atoms with Gasteiger partial charge in [-0.1, -0.05) is 28.1 Å². The van der Waals surface area contributed by atoms with Crippen LogP contribution in [0, 0.1) is 0 Å². The summed E-state index contributed by atoms with van der Waals surface area (Å²) < 4.78 is 6.50. The molecule has 0 fully saturated rings. The van der Waals surface area contributed by atoms with Gasteiger partial charge in [-0.3, -0.25) is 4.79 Å². The van der Waals surface area contributed by atoms with Crippen LogP contribution in [0.1, 0.15) is 23.6 Å². The largest absolute Gasteiger partial charge is 0.481 e. The lowest BCUT2D eigenvalue weighted by Crippen LogP contribution is -1.96. The predicted octanol–water partition coefficient (Wildman–Crippen LogP) is 3.05. The summed E-state index contributed by atoms with van der Waals surface area (Å²) in [4.78, 5) is 14.6. The number of benzene rings is 1. The molecule has 0 bridgehead atoms. The molecule has 5 heteroatoms. The van der Waals surface area contributed by atoms with Crippen molar-refractivity contribution >= 4 is 21.9 Å². The van der Waals surface area contributed by atoms with Crippen molar-refractivity contribution in [3.05, 3.63) is 52.1 Å². The Labute approximate surface area is 113 Å². The Morgan fingerprint density at radius 3 is 3.00 bits per heavy atom. The lowest BCUT2D eigenvalue weighted by Gasteiger charge is -1.98. The monoisotopic (exact) mass is 309 g/mol. The van der Waals surface area contributed by atoms with E-state index in [1.807, 2.05) is 24.3 Å². The second-order valence-electron chi connectivity index (χ2n) is 3.92. The van der Waals surface area contributed by atoms with E-state index in [1.54, 1.807) is 6.20 Å². The van der Waals surface area contributed by atoms with E-state index in [0.29, 0.717) is 24.5 Å². The summed E-state index contributed by atoms with van der Waals surface area (Å²) in [6.07, 6.45) is 2.63. The van der Waals surface area contributed by atoms with E-state index < -0.39 is 5.97 Å². The summed E-state index contributed by atoms with van der Waals surface area (Å²) in [5.41, 5.74) is 1.09. The van der Waals surface area contributed by atoms with Crippen molar-refractivity contribution in [1.82, 2.24) is 4.98 Å². The minimum atomic E-state index is -0.833. The van der Waals surface area contributed by atoms with E-state index in [2.05, 4.69) is 20.9 Å². The molecule has 0 unspecified atom stereocenters. The van der Waals surface area contributed by atoms with Crippen LogP contribution in [0.5, 0.6) is 0 Å². The van der Waals surface area contributed by atoms with Crippen LogP contribution in [0.3, 0.4) is 0 Å². The number of oxazole rings is 1. The van der Waals surface area contributed by atoms with Crippen molar-refractivity contribution in [3.63, 3.8) is 0 Å². The maximum Gasteiger partial charge on any atom is 0.303 e. The molecule has 0 atom stereocenters. The number of rotatable bonds is 5. The quantitative estimate of drug-likeness (QED) is 0.922. The highest BCUT2D eigenvalue weighted by molar-refractivity contribution is 9.10. The molecule has 1 aromatic heterocycles. The summed E-state index contributed by atoms with van der Waals surface area (Å²) in [5.74, 6) is 0.385. The Hall–Kier alpha value is -1.62. The molecule has 0 radical (unpaired) electrons. The molecule has 0 saturated carbocycles. The zero-order valence-corrected chi connectivity index (χ0v) is 11.2. The number of carbonyl (C=O) groups is 1. The third-order valence-electron chi connectivity index (χ3n) is 2.43. The van der Waals surface area contributed by atoms with Crippen LogP contribution in [-0.4, -0.2) is 16.1 Å². The van der Waals surface area contributed by atoms with E-state index in [9.17, 15) is 4.79 Å². The van der Waals surface area contributed by atoms with Gasteiger partial charge in [0.2, 0.25) is 0 Å². The number of hydrogen-bond acceptors (Lipinski definition) is 3. The number of aromatic nitrogens is 1. The highest BCUT2D eigenvalue weighted by Crippen LogP contribution is 2.16. The lowest BCUT2D eigenvalue weighted by molar-refractivity contribution is -0.137.